The number of amides is 1. The van der Waals surface area contributed by atoms with Gasteiger partial charge in [-0.2, -0.15) is 10.4 Å². The van der Waals surface area contributed by atoms with Crippen LogP contribution in [0, 0.1) is 11.3 Å². The second-order valence-corrected chi connectivity index (χ2v) is 6.83. The molecule has 7 heteroatoms. The first-order chi connectivity index (χ1) is 13.2. The standard InChI is InChI=1S/C20H25N5O2/c1-27-9-7-22-20(26)18-12-23-24-19(18)17-6-3-8-25(14-17)13-16-5-2-4-15(10-16)11-21/h2,4-5,10,12,17H,3,6-9,13-14H2,1H3,(H,22,26)(H,23,24)/t17-/m1/s1. The molecular weight excluding hydrogens is 342 g/mol. The maximum absolute atomic E-state index is 12.4. The van der Waals surface area contributed by atoms with Gasteiger partial charge in [-0.1, -0.05) is 12.1 Å². The first-order valence-corrected chi connectivity index (χ1v) is 9.23. The van der Waals surface area contributed by atoms with Crippen LogP contribution in [0.4, 0.5) is 0 Å². The highest BCUT2D eigenvalue weighted by Gasteiger charge is 2.26. The zero-order chi connectivity index (χ0) is 19.1. The van der Waals surface area contributed by atoms with Gasteiger partial charge in [-0.05, 0) is 37.1 Å². The maximum atomic E-state index is 12.4. The smallest absolute Gasteiger partial charge is 0.254 e. The van der Waals surface area contributed by atoms with Crippen LogP contribution in [-0.2, 0) is 11.3 Å². The summed E-state index contributed by atoms with van der Waals surface area (Å²) in [5.41, 5.74) is 3.34. The molecule has 1 atom stereocenters. The SMILES string of the molecule is COCCNC(=O)c1cn[nH]c1[C@@H]1CCCN(Cc2cccc(C#N)c2)C1. The van der Waals surface area contributed by atoms with E-state index in [2.05, 4.69) is 32.5 Å². The third kappa shape index (κ3) is 4.94. The van der Waals surface area contributed by atoms with Crippen molar-refractivity contribution < 1.29 is 9.53 Å². The second-order valence-electron chi connectivity index (χ2n) is 6.83. The summed E-state index contributed by atoms with van der Waals surface area (Å²) in [5.74, 6) is 0.123. The first-order valence-electron chi connectivity index (χ1n) is 9.23. The summed E-state index contributed by atoms with van der Waals surface area (Å²) in [5, 5.41) is 19.1. The van der Waals surface area contributed by atoms with E-state index in [9.17, 15) is 4.79 Å². The first kappa shape index (κ1) is 19.1. The number of hydrogen-bond donors (Lipinski definition) is 2. The molecule has 0 saturated carbocycles. The van der Waals surface area contributed by atoms with Gasteiger partial charge in [-0.3, -0.25) is 14.8 Å². The third-order valence-electron chi connectivity index (χ3n) is 4.88. The van der Waals surface area contributed by atoms with E-state index >= 15 is 0 Å². The lowest BCUT2D eigenvalue weighted by atomic mass is 9.92. The minimum Gasteiger partial charge on any atom is -0.383 e. The largest absolute Gasteiger partial charge is 0.383 e. The van der Waals surface area contributed by atoms with Gasteiger partial charge in [-0.25, -0.2) is 0 Å². The number of ether oxygens (including phenoxy) is 1. The zero-order valence-electron chi connectivity index (χ0n) is 15.6. The van der Waals surface area contributed by atoms with E-state index in [0.717, 1.165) is 43.7 Å². The number of aromatic nitrogens is 2. The van der Waals surface area contributed by atoms with Gasteiger partial charge in [0, 0.05) is 32.7 Å². The molecule has 1 aromatic carbocycles. The Morgan fingerprint density at radius 2 is 2.41 bits per heavy atom. The topological polar surface area (TPSA) is 94.0 Å². The van der Waals surface area contributed by atoms with Crippen molar-refractivity contribution in [3.8, 4) is 6.07 Å². The third-order valence-corrected chi connectivity index (χ3v) is 4.88. The van der Waals surface area contributed by atoms with Crippen LogP contribution in [-0.4, -0.2) is 54.4 Å². The van der Waals surface area contributed by atoms with Crippen molar-refractivity contribution in [3.05, 3.63) is 52.8 Å². The number of rotatable bonds is 7. The molecule has 1 aromatic heterocycles. The fourth-order valence-corrected chi connectivity index (χ4v) is 3.58. The lowest BCUT2D eigenvalue weighted by Gasteiger charge is -2.32. The van der Waals surface area contributed by atoms with Gasteiger partial charge in [0.2, 0.25) is 0 Å². The lowest BCUT2D eigenvalue weighted by Crippen LogP contribution is -2.35. The average Bonchev–Trinajstić information content (AvgIpc) is 3.18. The Hall–Kier alpha value is -2.69. The number of H-pyrrole nitrogens is 1. The van der Waals surface area contributed by atoms with Crippen LogP contribution in [0.3, 0.4) is 0 Å². The summed E-state index contributed by atoms with van der Waals surface area (Å²) >= 11 is 0. The van der Waals surface area contributed by atoms with E-state index in [1.165, 1.54) is 0 Å². The van der Waals surface area contributed by atoms with Crippen LogP contribution >= 0.6 is 0 Å². The normalized spacial score (nSPS) is 17.4. The zero-order valence-corrected chi connectivity index (χ0v) is 15.6. The molecule has 27 heavy (non-hydrogen) atoms. The van der Waals surface area contributed by atoms with Crippen LogP contribution in [0.1, 0.15) is 45.9 Å². The predicted molar refractivity (Wildman–Crippen MR) is 101 cm³/mol. The van der Waals surface area contributed by atoms with Gasteiger partial charge in [0.05, 0.1) is 35.7 Å². The fourth-order valence-electron chi connectivity index (χ4n) is 3.58. The summed E-state index contributed by atoms with van der Waals surface area (Å²) in [4.78, 5) is 14.8. The summed E-state index contributed by atoms with van der Waals surface area (Å²) < 4.78 is 4.98. The number of nitrogens with zero attached hydrogens (tertiary/aromatic N) is 3. The van der Waals surface area contributed by atoms with Gasteiger partial charge in [-0.15, -0.1) is 0 Å². The highest BCUT2D eigenvalue weighted by Crippen LogP contribution is 2.28. The van der Waals surface area contributed by atoms with Crippen molar-refractivity contribution in [2.45, 2.75) is 25.3 Å². The molecule has 1 amide bonds. The number of nitrogens with one attached hydrogen (secondary N) is 2. The maximum Gasteiger partial charge on any atom is 0.254 e. The summed E-state index contributed by atoms with van der Waals surface area (Å²) in [6, 6.07) is 9.93. The minimum atomic E-state index is -0.116. The molecule has 0 unspecified atom stereocenters. The molecule has 0 radical (unpaired) electrons. The molecule has 7 nitrogen and oxygen atoms in total. The minimum absolute atomic E-state index is 0.116. The van der Waals surface area contributed by atoms with Gasteiger partial charge in [0.1, 0.15) is 0 Å². The molecule has 142 valence electrons. The highest BCUT2D eigenvalue weighted by molar-refractivity contribution is 5.95. The van der Waals surface area contributed by atoms with E-state index in [-0.39, 0.29) is 11.8 Å². The monoisotopic (exact) mass is 367 g/mol. The number of hydrogen-bond acceptors (Lipinski definition) is 5. The molecule has 0 aliphatic carbocycles. The van der Waals surface area contributed by atoms with E-state index in [0.29, 0.717) is 24.3 Å². The number of nitriles is 1. The molecule has 2 N–H and O–H groups in total. The molecule has 1 aliphatic rings. The van der Waals surface area contributed by atoms with Crippen molar-refractivity contribution in [1.29, 1.82) is 5.26 Å². The van der Waals surface area contributed by atoms with Crippen molar-refractivity contribution in [1.82, 2.24) is 20.4 Å². The van der Waals surface area contributed by atoms with Gasteiger partial charge < -0.3 is 10.1 Å². The van der Waals surface area contributed by atoms with Crippen LogP contribution in [0.15, 0.2) is 30.5 Å². The predicted octanol–water partition coefficient (Wildman–Crippen LogP) is 2.04. The number of methoxy groups -OCH3 is 1. The van der Waals surface area contributed by atoms with Crippen LogP contribution < -0.4 is 5.32 Å². The molecule has 0 bridgehead atoms. The second kappa shape index (κ2) is 9.31. The quantitative estimate of drug-likeness (QED) is 0.731. The molecule has 2 heterocycles. The summed E-state index contributed by atoms with van der Waals surface area (Å²) in [7, 11) is 1.61. The Morgan fingerprint density at radius 3 is 3.22 bits per heavy atom. The molecule has 1 saturated heterocycles. The Labute approximate surface area is 159 Å². The number of carbonyl (C=O) groups excluding carboxylic acids is 1. The number of carbonyl (C=O) groups is 1. The molecule has 1 aliphatic heterocycles. The molecule has 3 rings (SSSR count). The van der Waals surface area contributed by atoms with Gasteiger partial charge >= 0.3 is 0 Å². The van der Waals surface area contributed by atoms with Gasteiger partial charge in [0.25, 0.3) is 5.91 Å². The van der Waals surface area contributed by atoms with Crippen molar-refractivity contribution in [2.24, 2.45) is 0 Å². The summed E-state index contributed by atoms with van der Waals surface area (Å²) in [6.07, 6.45) is 3.69. The van der Waals surface area contributed by atoms with Crippen molar-refractivity contribution in [2.75, 3.05) is 33.4 Å². The van der Waals surface area contributed by atoms with Crippen LogP contribution in [0.25, 0.3) is 0 Å². The summed E-state index contributed by atoms with van der Waals surface area (Å²) in [6.45, 7) is 3.63. The Bertz CT molecular complexity index is 811. The van der Waals surface area contributed by atoms with E-state index < -0.39 is 0 Å². The van der Waals surface area contributed by atoms with E-state index in [4.69, 9.17) is 10.00 Å². The Balaban J connectivity index is 1.65. The van der Waals surface area contributed by atoms with Crippen molar-refractivity contribution >= 4 is 5.91 Å². The Morgan fingerprint density at radius 1 is 1.52 bits per heavy atom. The molecule has 1 fully saturated rings. The lowest BCUT2D eigenvalue weighted by molar-refractivity contribution is 0.0934. The number of likely N-dealkylation sites (tertiary alicyclic amines) is 1. The van der Waals surface area contributed by atoms with Crippen LogP contribution in [0.5, 0.6) is 0 Å². The number of benzene rings is 1. The van der Waals surface area contributed by atoms with Crippen molar-refractivity contribution in [3.63, 3.8) is 0 Å². The van der Waals surface area contributed by atoms with Crippen LogP contribution in [0.2, 0.25) is 0 Å². The highest BCUT2D eigenvalue weighted by atomic mass is 16.5. The van der Waals surface area contributed by atoms with E-state index in [1.54, 1.807) is 13.3 Å². The average molecular weight is 367 g/mol. The van der Waals surface area contributed by atoms with E-state index in [1.807, 2.05) is 18.2 Å². The molecule has 2 aromatic rings. The van der Waals surface area contributed by atoms with Gasteiger partial charge in [0.15, 0.2) is 0 Å². The Kier molecular flexibility index (Phi) is 6.58. The molecule has 0 spiro atoms. The number of piperidine rings is 1. The number of aromatic amines is 1. The molecular formula is C20H25N5O2. The fraction of sp³-hybridized carbons (Fsp3) is 0.450.